The van der Waals surface area contributed by atoms with Gasteiger partial charge in [0.15, 0.2) is 0 Å². The van der Waals surface area contributed by atoms with Gasteiger partial charge in [0.2, 0.25) is 0 Å². The van der Waals surface area contributed by atoms with Gasteiger partial charge in [0, 0.05) is 13.1 Å². The molecule has 0 bridgehead atoms. The number of morpholine rings is 1. The van der Waals surface area contributed by atoms with Crippen LogP contribution in [0.2, 0.25) is 0 Å². The standard InChI is InChI=1S/C24H23N5O3S/c1-16-20-23(26-15-29(24(20)31)14-17-5-3-2-4-6-17)33-21(16)22(30)27-18-7-8-19(25-13-18)28-9-11-32-12-10-28/h2-8,13,15H,9-12,14H2,1H3,(H,27,30). The van der Waals surface area contributed by atoms with E-state index in [0.717, 1.165) is 24.5 Å². The van der Waals surface area contributed by atoms with Crippen LogP contribution in [0.15, 0.2) is 59.8 Å². The van der Waals surface area contributed by atoms with Crippen LogP contribution in [0.4, 0.5) is 11.5 Å². The van der Waals surface area contributed by atoms with E-state index in [1.54, 1.807) is 24.0 Å². The van der Waals surface area contributed by atoms with Crippen LogP contribution in [0.1, 0.15) is 20.8 Å². The fourth-order valence-corrected chi connectivity index (χ4v) is 4.93. The molecule has 0 saturated carbocycles. The predicted molar refractivity (Wildman–Crippen MR) is 129 cm³/mol. The van der Waals surface area contributed by atoms with Gasteiger partial charge in [-0.15, -0.1) is 11.3 Å². The number of rotatable bonds is 5. The van der Waals surface area contributed by atoms with E-state index in [-0.39, 0.29) is 11.5 Å². The lowest BCUT2D eigenvalue weighted by molar-refractivity contribution is 0.103. The van der Waals surface area contributed by atoms with E-state index < -0.39 is 0 Å². The number of hydrogen-bond acceptors (Lipinski definition) is 7. The first-order chi connectivity index (χ1) is 16.1. The van der Waals surface area contributed by atoms with Gasteiger partial charge in [-0.3, -0.25) is 14.2 Å². The van der Waals surface area contributed by atoms with Gasteiger partial charge in [0.05, 0.1) is 48.2 Å². The van der Waals surface area contributed by atoms with Gasteiger partial charge < -0.3 is 15.0 Å². The number of hydrogen-bond donors (Lipinski definition) is 1. The van der Waals surface area contributed by atoms with Crippen LogP contribution in [0, 0.1) is 6.92 Å². The molecule has 4 aromatic rings. The number of amides is 1. The smallest absolute Gasteiger partial charge is 0.266 e. The third kappa shape index (κ3) is 4.37. The highest BCUT2D eigenvalue weighted by molar-refractivity contribution is 7.20. The summed E-state index contributed by atoms with van der Waals surface area (Å²) in [5, 5.41) is 3.38. The van der Waals surface area contributed by atoms with Crippen molar-refractivity contribution in [3.05, 3.63) is 81.3 Å². The number of fused-ring (bicyclic) bond motifs is 1. The SMILES string of the molecule is Cc1c(C(=O)Nc2ccc(N3CCOCC3)nc2)sc2ncn(Cc3ccccc3)c(=O)c12. The molecule has 0 radical (unpaired) electrons. The topological polar surface area (TPSA) is 89.3 Å². The van der Waals surface area contributed by atoms with Crippen LogP contribution in [0.25, 0.3) is 10.2 Å². The Morgan fingerprint density at radius 2 is 1.91 bits per heavy atom. The third-order valence-corrected chi connectivity index (χ3v) is 6.86. The second-order valence-corrected chi connectivity index (χ2v) is 8.86. The minimum Gasteiger partial charge on any atom is -0.378 e. The van der Waals surface area contributed by atoms with E-state index in [2.05, 4.69) is 20.2 Å². The normalized spacial score (nSPS) is 13.9. The predicted octanol–water partition coefficient (Wildman–Crippen LogP) is 3.30. The lowest BCUT2D eigenvalue weighted by Gasteiger charge is -2.27. The summed E-state index contributed by atoms with van der Waals surface area (Å²) < 4.78 is 6.95. The summed E-state index contributed by atoms with van der Waals surface area (Å²) in [7, 11) is 0. The van der Waals surface area contributed by atoms with Crippen molar-refractivity contribution in [2.45, 2.75) is 13.5 Å². The molecule has 5 rings (SSSR count). The number of ether oxygens (including phenoxy) is 1. The zero-order chi connectivity index (χ0) is 22.8. The Labute approximate surface area is 194 Å². The van der Waals surface area contributed by atoms with Crippen LogP contribution in [-0.4, -0.2) is 46.7 Å². The van der Waals surface area contributed by atoms with Crippen LogP contribution in [-0.2, 0) is 11.3 Å². The summed E-state index contributed by atoms with van der Waals surface area (Å²) in [4.78, 5) is 38.2. The van der Waals surface area contributed by atoms with E-state index in [9.17, 15) is 9.59 Å². The Morgan fingerprint density at radius 3 is 2.64 bits per heavy atom. The fraction of sp³-hybridized carbons (Fsp3) is 0.250. The highest BCUT2D eigenvalue weighted by Gasteiger charge is 2.20. The molecule has 0 unspecified atom stereocenters. The van der Waals surface area contributed by atoms with Crippen molar-refractivity contribution in [2.24, 2.45) is 0 Å². The van der Waals surface area contributed by atoms with Gasteiger partial charge >= 0.3 is 0 Å². The van der Waals surface area contributed by atoms with E-state index in [4.69, 9.17) is 4.74 Å². The number of aromatic nitrogens is 3. The van der Waals surface area contributed by atoms with Gasteiger partial charge in [-0.1, -0.05) is 30.3 Å². The van der Waals surface area contributed by atoms with Gasteiger partial charge in [-0.05, 0) is 30.2 Å². The monoisotopic (exact) mass is 461 g/mol. The first kappa shape index (κ1) is 21.3. The zero-order valence-corrected chi connectivity index (χ0v) is 19.0. The maximum absolute atomic E-state index is 13.1. The number of benzene rings is 1. The van der Waals surface area contributed by atoms with Crippen LogP contribution in [0.3, 0.4) is 0 Å². The second-order valence-electron chi connectivity index (χ2n) is 7.86. The van der Waals surface area contributed by atoms with Crippen molar-refractivity contribution in [2.75, 3.05) is 36.5 Å². The van der Waals surface area contributed by atoms with Crippen molar-refractivity contribution in [3.8, 4) is 0 Å². The van der Waals surface area contributed by atoms with Crippen molar-refractivity contribution >= 4 is 39.0 Å². The molecular formula is C24H23N5O3S. The first-order valence-corrected chi connectivity index (χ1v) is 11.5. The van der Waals surface area contributed by atoms with Gasteiger partial charge in [-0.25, -0.2) is 9.97 Å². The summed E-state index contributed by atoms with van der Waals surface area (Å²) >= 11 is 1.23. The quantitative estimate of drug-likeness (QED) is 0.491. The molecule has 9 heteroatoms. The fourth-order valence-electron chi connectivity index (χ4n) is 3.90. The summed E-state index contributed by atoms with van der Waals surface area (Å²) in [6, 6.07) is 13.5. The molecule has 168 valence electrons. The molecule has 3 aromatic heterocycles. The zero-order valence-electron chi connectivity index (χ0n) is 18.2. The van der Waals surface area contributed by atoms with Crippen molar-refractivity contribution in [1.29, 1.82) is 0 Å². The van der Waals surface area contributed by atoms with E-state index >= 15 is 0 Å². The molecule has 1 aliphatic rings. The summed E-state index contributed by atoms with van der Waals surface area (Å²) in [6.07, 6.45) is 3.19. The maximum Gasteiger partial charge on any atom is 0.266 e. The van der Waals surface area contributed by atoms with Crippen LogP contribution in [0.5, 0.6) is 0 Å². The van der Waals surface area contributed by atoms with Crippen molar-refractivity contribution in [1.82, 2.24) is 14.5 Å². The van der Waals surface area contributed by atoms with Crippen molar-refractivity contribution in [3.63, 3.8) is 0 Å². The number of anilines is 2. The Morgan fingerprint density at radius 1 is 1.12 bits per heavy atom. The highest BCUT2D eigenvalue weighted by Crippen LogP contribution is 2.28. The molecular weight excluding hydrogens is 438 g/mol. The maximum atomic E-state index is 13.1. The first-order valence-electron chi connectivity index (χ1n) is 10.7. The van der Waals surface area contributed by atoms with Gasteiger partial charge in [-0.2, -0.15) is 0 Å². The second kappa shape index (κ2) is 9.13. The number of thiophene rings is 1. The number of carbonyl (C=O) groups is 1. The van der Waals surface area contributed by atoms with Crippen molar-refractivity contribution < 1.29 is 9.53 Å². The largest absolute Gasteiger partial charge is 0.378 e. The Bertz CT molecular complexity index is 1340. The summed E-state index contributed by atoms with van der Waals surface area (Å²) in [5.41, 5.74) is 2.11. The molecule has 1 N–H and O–H groups in total. The van der Waals surface area contributed by atoms with E-state index in [1.165, 1.54) is 11.3 Å². The lowest BCUT2D eigenvalue weighted by atomic mass is 10.2. The molecule has 0 spiro atoms. The molecule has 1 aliphatic heterocycles. The number of nitrogens with zero attached hydrogens (tertiary/aromatic N) is 4. The average molecular weight is 462 g/mol. The Balaban J connectivity index is 1.37. The third-order valence-electron chi connectivity index (χ3n) is 5.66. The molecule has 1 amide bonds. The number of pyridine rings is 1. The Hall–Kier alpha value is -3.56. The van der Waals surface area contributed by atoms with Crippen LogP contribution >= 0.6 is 11.3 Å². The molecule has 1 saturated heterocycles. The highest BCUT2D eigenvalue weighted by atomic mass is 32.1. The van der Waals surface area contributed by atoms with Crippen LogP contribution < -0.4 is 15.8 Å². The van der Waals surface area contributed by atoms with Gasteiger partial charge in [0.25, 0.3) is 11.5 Å². The average Bonchev–Trinajstić information content (AvgIpc) is 3.20. The minimum absolute atomic E-state index is 0.145. The summed E-state index contributed by atoms with van der Waals surface area (Å²) in [5.74, 6) is 0.586. The molecule has 8 nitrogen and oxygen atoms in total. The molecule has 33 heavy (non-hydrogen) atoms. The molecule has 0 aliphatic carbocycles. The molecule has 1 aromatic carbocycles. The minimum atomic E-state index is -0.273. The Kier molecular flexibility index (Phi) is 5.89. The molecule has 0 atom stereocenters. The number of nitrogens with one attached hydrogen (secondary N) is 1. The number of carbonyl (C=O) groups excluding carboxylic acids is 1. The summed E-state index contributed by atoms with van der Waals surface area (Å²) in [6.45, 7) is 5.20. The van der Waals surface area contributed by atoms with E-state index in [0.29, 0.717) is 46.1 Å². The van der Waals surface area contributed by atoms with E-state index in [1.807, 2.05) is 42.5 Å². The molecule has 1 fully saturated rings. The lowest BCUT2D eigenvalue weighted by Crippen LogP contribution is -2.36. The van der Waals surface area contributed by atoms with Gasteiger partial charge in [0.1, 0.15) is 10.6 Å². The number of aryl methyl sites for hydroxylation is 1. The molecule has 4 heterocycles.